The molecule has 0 aromatic heterocycles. The number of unbranched alkanes of at least 4 members (excludes halogenated alkanes) is 7. The first-order valence-electron chi connectivity index (χ1n) is 25.1. The Morgan fingerprint density at radius 1 is 0.500 bits per heavy atom. The number of rotatable bonds is 30. The Morgan fingerprint density at radius 2 is 1.00 bits per heavy atom. The summed E-state index contributed by atoms with van der Waals surface area (Å²) >= 11 is 5.85. The predicted molar refractivity (Wildman–Crippen MR) is 283 cm³/mol. The Bertz CT molecular complexity index is 2260. The molecule has 0 aliphatic heterocycles. The van der Waals surface area contributed by atoms with Crippen LogP contribution >= 0.6 is 11.6 Å². The molecule has 10 nitrogen and oxygen atoms in total. The van der Waals surface area contributed by atoms with Crippen LogP contribution in [0.2, 0.25) is 5.02 Å². The van der Waals surface area contributed by atoms with Crippen LogP contribution in [0.1, 0.15) is 173 Å². The minimum Gasteiger partial charge on any atom is -0.494 e. The minimum absolute atomic E-state index is 0.0434. The van der Waals surface area contributed by atoms with Crippen molar-refractivity contribution < 1.29 is 56.5 Å². The molecule has 4 rings (SSSR count). The number of ketones is 6. The molecule has 0 spiro atoms. The van der Waals surface area contributed by atoms with Gasteiger partial charge in [0.15, 0.2) is 28.7 Å². The number of Topliss-reactive ketones (excluding diaryl/α,β-unsaturated/α-hetero) is 6. The summed E-state index contributed by atoms with van der Waals surface area (Å²) in [5.41, 5.74) is 1.58. The Labute approximate surface area is 432 Å². The number of hydrogen-bond acceptors (Lipinski definition) is 10. The van der Waals surface area contributed by atoms with Crippen molar-refractivity contribution in [1.82, 2.24) is 0 Å². The third-order valence-corrected chi connectivity index (χ3v) is 11.1. The molecule has 0 amide bonds. The standard InChI is InChI=1S/C20H29ClO3.C15H20O3.2C12H15FO2/c1-16(22)10-8-6-4-5-7-9-11-19(23)20(2,3)24-18-14-12-17(21)13-15-18;1-12(16)7-4-3-5-10-18-15-9-6-8-14(11-15)13(2)17;1-9-8-11(13)5-6-12(9)15-7-3-4-10(2)14;1-9-5-6-11(13)12(8-9)15-7-3-4-10(2)14/h12-15H,4-11H2,1-3H3;6,8-9,11H,3-5,7,10H2,1-2H3;2*5-6,8H,3-4,7H2,1-2H3. The monoisotopic (exact) mass is 1020 g/mol. The summed E-state index contributed by atoms with van der Waals surface area (Å²) in [5, 5.41) is 0.648. The number of carbonyl (C=O) groups excluding carboxylic acids is 6. The zero-order chi connectivity index (χ0) is 53.9. The molecule has 4 aromatic carbocycles. The molecule has 13 heteroatoms. The lowest BCUT2D eigenvalue weighted by Gasteiger charge is -2.25. The molecule has 0 fully saturated rings. The van der Waals surface area contributed by atoms with Gasteiger partial charge in [-0.1, -0.05) is 55.5 Å². The van der Waals surface area contributed by atoms with Gasteiger partial charge in [-0.25, -0.2) is 8.78 Å². The van der Waals surface area contributed by atoms with E-state index < -0.39 is 5.60 Å². The van der Waals surface area contributed by atoms with E-state index in [1.54, 1.807) is 89.2 Å². The van der Waals surface area contributed by atoms with Crippen LogP contribution in [0.4, 0.5) is 8.78 Å². The third kappa shape index (κ3) is 32.3. The van der Waals surface area contributed by atoms with Crippen LogP contribution in [0.25, 0.3) is 0 Å². The molecule has 0 heterocycles. The van der Waals surface area contributed by atoms with E-state index in [-0.39, 0.29) is 52.1 Å². The predicted octanol–water partition coefficient (Wildman–Crippen LogP) is 15.0. The number of hydrogen-bond donors (Lipinski definition) is 0. The molecule has 0 atom stereocenters. The molecule has 0 N–H and O–H groups in total. The summed E-state index contributed by atoms with van der Waals surface area (Å²) in [5.74, 6) is 2.67. The highest BCUT2D eigenvalue weighted by Gasteiger charge is 2.29. The molecular formula is C59H79ClF2O10. The molecule has 0 saturated carbocycles. The van der Waals surface area contributed by atoms with Crippen molar-refractivity contribution >= 4 is 46.3 Å². The van der Waals surface area contributed by atoms with Gasteiger partial charge in [-0.2, -0.15) is 0 Å². The van der Waals surface area contributed by atoms with E-state index in [4.69, 9.17) is 30.5 Å². The maximum Gasteiger partial charge on any atom is 0.175 e. The molecule has 0 aliphatic carbocycles. The minimum atomic E-state index is -0.824. The molecular weight excluding hydrogens is 942 g/mol. The van der Waals surface area contributed by atoms with Crippen molar-refractivity contribution in [3.63, 3.8) is 0 Å². The summed E-state index contributed by atoms with van der Waals surface area (Å²) in [6.45, 7) is 16.7. The zero-order valence-electron chi connectivity index (χ0n) is 44.2. The van der Waals surface area contributed by atoms with Crippen LogP contribution in [0.3, 0.4) is 0 Å². The second-order valence-corrected chi connectivity index (χ2v) is 18.8. The fraction of sp³-hybridized carbons (Fsp3) is 0.492. The average Bonchev–Trinajstić information content (AvgIpc) is 3.31. The topological polar surface area (TPSA) is 139 Å². The summed E-state index contributed by atoms with van der Waals surface area (Å²) in [7, 11) is 0. The van der Waals surface area contributed by atoms with Crippen molar-refractivity contribution in [2.75, 3.05) is 19.8 Å². The third-order valence-electron chi connectivity index (χ3n) is 10.8. The van der Waals surface area contributed by atoms with Crippen molar-refractivity contribution in [2.45, 2.75) is 171 Å². The maximum absolute atomic E-state index is 13.2. The van der Waals surface area contributed by atoms with Gasteiger partial charge in [0.05, 0.1) is 19.8 Å². The van der Waals surface area contributed by atoms with Crippen LogP contribution < -0.4 is 18.9 Å². The van der Waals surface area contributed by atoms with Crippen molar-refractivity contribution in [2.24, 2.45) is 0 Å². The number of ether oxygens (including phenoxy) is 4. The van der Waals surface area contributed by atoms with Crippen LogP contribution in [-0.2, 0) is 24.0 Å². The first-order valence-corrected chi connectivity index (χ1v) is 25.4. The lowest BCUT2D eigenvalue weighted by Crippen LogP contribution is -2.38. The van der Waals surface area contributed by atoms with E-state index in [9.17, 15) is 37.5 Å². The number of halogens is 3. The first-order chi connectivity index (χ1) is 34.1. The Morgan fingerprint density at radius 3 is 1.54 bits per heavy atom. The Balaban J connectivity index is 0.000000489. The first kappa shape index (κ1) is 64.3. The van der Waals surface area contributed by atoms with Crippen LogP contribution in [0, 0.1) is 25.5 Å². The Kier molecular flexibility index (Phi) is 33.1. The van der Waals surface area contributed by atoms with Crippen LogP contribution in [0.15, 0.2) is 84.9 Å². The fourth-order valence-electron chi connectivity index (χ4n) is 6.67. The van der Waals surface area contributed by atoms with Gasteiger partial charge >= 0.3 is 0 Å². The van der Waals surface area contributed by atoms with Gasteiger partial charge in [0, 0.05) is 42.7 Å². The molecule has 4 aromatic rings. The molecule has 0 unspecified atom stereocenters. The highest BCUT2D eigenvalue weighted by Crippen LogP contribution is 2.24. The molecule has 0 aliphatic rings. The van der Waals surface area contributed by atoms with E-state index >= 15 is 0 Å². The second-order valence-electron chi connectivity index (χ2n) is 18.4. The van der Waals surface area contributed by atoms with Crippen molar-refractivity contribution in [1.29, 1.82) is 0 Å². The van der Waals surface area contributed by atoms with Gasteiger partial charge in [0.1, 0.15) is 46.2 Å². The van der Waals surface area contributed by atoms with Crippen LogP contribution in [0.5, 0.6) is 23.0 Å². The summed E-state index contributed by atoms with van der Waals surface area (Å²) in [6.07, 6.45) is 13.3. The van der Waals surface area contributed by atoms with Gasteiger partial charge < -0.3 is 38.1 Å². The molecule has 0 bridgehead atoms. The highest BCUT2D eigenvalue weighted by atomic mass is 35.5. The molecule has 72 heavy (non-hydrogen) atoms. The number of aryl methyl sites for hydroxylation is 2. The van der Waals surface area contributed by atoms with Gasteiger partial charge in [-0.15, -0.1) is 0 Å². The summed E-state index contributed by atoms with van der Waals surface area (Å²) in [6, 6.07) is 23.4. The largest absolute Gasteiger partial charge is 0.494 e. The Hall–Kier alpha value is -5.75. The van der Waals surface area contributed by atoms with E-state index in [1.807, 2.05) is 32.9 Å². The summed E-state index contributed by atoms with van der Waals surface area (Å²) in [4.78, 5) is 66.4. The van der Waals surface area contributed by atoms with Gasteiger partial charge in [-0.05, 0) is 185 Å². The highest BCUT2D eigenvalue weighted by molar-refractivity contribution is 6.30. The smallest absolute Gasteiger partial charge is 0.175 e. The normalized spacial score (nSPS) is 10.5. The number of benzene rings is 4. The lowest BCUT2D eigenvalue weighted by molar-refractivity contribution is -0.132. The van der Waals surface area contributed by atoms with Crippen molar-refractivity contribution in [3.05, 3.63) is 118 Å². The molecule has 0 saturated heterocycles. The van der Waals surface area contributed by atoms with E-state index in [2.05, 4.69) is 0 Å². The van der Waals surface area contributed by atoms with Gasteiger partial charge in [0.25, 0.3) is 0 Å². The van der Waals surface area contributed by atoms with E-state index in [0.717, 1.165) is 74.7 Å². The maximum atomic E-state index is 13.2. The lowest BCUT2D eigenvalue weighted by atomic mass is 9.97. The van der Waals surface area contributed by atoms with Gasteiger partial charge in [-0.3, -0.25) is 9.59 Å². The van der Waals surface area contributed by atoms with Gasteiger partial charge in [0.2, 0.25) is 0 Å². The van der Waals surface area contributed by atoms with E-state index in [1.165, 1.54) is 25.1 Å². The molecule has 0 radical (unpaired) electrons. The average molecular weight is 1020 g/mol. The zero-order valence-corrected chi connectivity index (χ0v) is 45.0. The van der Waals surface area contributed by atoms with E-state index in [0.29, 0.717) is 86.9 Å². The quantitative estimate of drug-likeness (QED) is 0.0366. The van der Waals surface area contributed by atoms with Crippen LogP contribution in [-0.4, -0.2) is 60.1 Å². The fourth-order valence-corrected chi connectivity index (χ4v) is 6.80. The molecule has 396 valence electrons. The van der Waals surface area contributed by atoms with Crippen molar-refractivity contribution in [3.8, 4) is 23.0 Å². The summed E-state index contributed by atoms with van der Waals surface area (Å²) < 4.78 is 47.9. The SMILES string of the molecule is CC(=O)CCCCCCCCC(=O)C(C)(C)Oc1ccc(Cl)cc1.CC(=O)CCCCCOc1cccc(C(C)=O)c1.CC(=O)CCCOc1cc(C)ccc1F.CC(=O)CCCOc1ccc(F)cc1C. The second kappa shape index (κ2) is 37.1. The number of carbonyl (C=O) groups is 6.